The Hall–Kier alpha value is -0.770. The van der Waals surface area contributed by atoms with E-state index >= 15 is 0 Å². The predicted molar refractivity (Wildman–Crippen MR) is 94.6 cm³/mol. The predicted octanol–water partition coefficient (Wildman–Crippen LogP) is 2.55. The van der Waals surface area contributed by atoms with Gasteiger partial charge in [0.15, 0.2) is 0 Å². The third-order valence-electron chi connectivity index (χ3n) is 2.67. The van der Waals surface area contributed by atoms with Gasteiger partial charge in [-0.25, -0.2) is 8.70 Å². The van der Waals surface area contributed by atoms with E-state index < -0.39 is 17.6 Å². The minimum atomic E-state index is -2.31. The number of thioether (sulfide) groups is 1. The SMILES string of the molecule is CC/C(=C\CN=CCN(CCSC(C)C=N)S(=O)[O-])OC(C)F. The molecule has 0 heterocycles. The molecule has 0 aliphatic heterocycles. The Kier molecular flexibility index (Phi) is 13.2. The van der Waals surface area contributed by atoms with Crippen molar-refractivity contribution in [1.82, 2.24) is 4.31 Å². The summed E-state index contributed by atoms with van der Waals surface area (Å²) in [5.41, 5.74) is 0. The smallest absolute Gasteiger partial charge is 0.235 e. The van der Waals surface area contributed by atoms with Crippen LogP contribution in [0.15, 0.2) is 16.8 Å². The largest absolute Gasteiger partial charge is 0.760 e. The van der Waals surface area contributed by atoms with Gasteiger partial charge in [-0.1, -0.05) is 6.92 Å². The van der Waals surface area contributed by atoms with E-state index in [4.69, 9.17) is 10.1 Å². The van der Waals surface area contributed by atoms with Crippen LogP contribution in [0.5, 0.6) is 0 Å². The number of alkyl halides is 1. The summed E-state index contributed by atoms with van der Waals surface area (Å²) in [6.45, 7) is 5.91. The fourth-order valence-electron chi connectivity index (χ4n) is 1.48. The summed E-state index contributed by atoms with van der Waals surface area (Å²) in [5.74, 6) is 1.14. The Balaban J connectivity index is 4.22. The van der Waals surface area contributed by atoms with Crippen molar-refractivity contribution in [1.29, 1.82) is 5.41 Å². The monoisotopic (exact) mass is 366 g/mol. The van der Waals surface area contributed by atoms with Crippen molar-refractivity contribution >= 4 is 35.5 Å². The van der Waals surface area contributed by atoms with Gasteiger partial charge >= 0.3 is 0 Å². The van der Waals surface area contributed by atoms with Crippen LogP contribution >= 0.6 is 11.8 Å². The second-order valence-electron chi connectivity index (χ2n) is 4.58. The van der Waals surface area contributed by atoms with Crippen LogP contribution in [0, 0.1) is 5.41 Å². The van der Waals surface area contributed by atoms with Crippen molar-refractivity contribution in [3.8, 4) is 0 Å². The molecule has 0 aliphatic rings. The summed E-state index contributed by atoms with van der Waals surface area (Å²) in [6.07, 6.45) is 3.73. The van der Waals surface area contributed by atoms with E-state index in [1.165, 1.54) is 35.4 Å². The number of hydrogen-bond acceptors (Lipinski definition) is 6. The van der Waals surface area contributed by atoms with Crippen LogP contribution in [0.25, 0.3) is 0 Å². The molecule has 0 bridgehead atoms. The highest BCUT2D eigenvalue weighted by molar-refractivity contribution is 8.00. The highest BCUT2D eigenvalue weighted by atomic mass is 32.2. The van der Waals surface area contributed by atoms with Crippen LogP contribution in [0.2, 0.25) is 0 Å². The molecule has 0 rings (SSSR count). The molecule has 6 nitrogen and oxygen atoms in total. The Morgan fingerprint density at radius 1 is 1.57 bits per heavy atom. The molecule has 3 atom stereocenters. The van der Waals surface area contributed by atoms with Gasteiger partial charge in [0.25, 0.3) is 0 Å². The van der Waals surface area contributed by atoms with Crippen molar-refractivity contribution in [2.24, 2.45) is 4.99 Å². The number of ether oxygens (including phenoxy) is 1. The van der Waals surface area contributed by atoms with Crippen molar-refractivity contribution in [3.05, 3.63) is 11.8 Å². The number of hydrogen-bond donors (Lipinski definition) is 1. The second-order valence-corrected chi connectivity index (χ2v) is 7.02. The average molecular weight is 367 g/mol. The number of nitrogens with one attached hydrogen (secondary N) is 1. The number of allylic oxidation sites excluding steroid dienone is 1. The first-order valence-corrected chi connectivity index (χ1v) is 9.43. The van der Waals surface area contributed by atoms with E-state index in [2.05, 4.69) is 4.99 Å². The first-order chi connectivity index (χ1) is 10.9. The molecule has 23 heavy (non-hydrogen) atoms. The molecule has 0 saturated carbocycles. The molecule has 0 radical (unpaired) electrons. The van der Waals surface area contributed by atoms with E-state index in [0.29, 0.717) is 31.0 Å². The van der Waals surface area contributed by atoms with Crippen molar-refractivity contribution in [2.45, 2.75) is 38.8 Å². The molecule has 9 heteroatoms. The molecule has 3 unspecified atom stereocenters. The second kappa shape index (κ2) is 13.6. The van der Waals surface area contributed by atoms with Gasteiger partial charge in [0.1, 0.15) is 0 Å². The Labute approximate surface area is 144 Å². The molecule has 0 amide bonds. The molecule has 0 aromatic carbocycles. The van der Waals surface area contributed by atoms with Gasteiger partial charge in [-0.2, -0.15) is 11.8 Å². The molecular formula is C14H25FN3O3S2-. The zero-order valence-corrected chi connectivity index (χ0v) is 15.4. The van der Waals surface area contributed by atoms with Crippen molar-refractivity contribution in [2.75, 3.05) is 25.4 Å². The van der Waals surface area contributed by atoms with Gasteiger partial charge in [-0.3, -0.25) is 9.20 Å². The number of halogens is 1. The zero-order valence-electron chi connectivity index (χ0n) is 13.7. The maximum absolute atomic E-state index is 12.7. The normalized spacial score (nSPS) is 16.5. The van der Waals surface area contributed by atoms with E-state index in [1.54, 1.807) is 6.08 Å². The standard InChI is InChI=1S/C14H26FN3O3S2/c1-4-14(21-13(3)15)5-6-17-7-8-18(23(19)20)9-10-22-12(2)11-16/h5,7,11-13,16H,4,6,8-10H2,1-3H3,(H,19,20)/p-1/b14-5+,16-11?,17-7?. The van der Waals surface area contributed by atoms with Crippen molar-refractivity contribution < 1.29 is 17.9 Å². The van der Waals surface area contributed by atoms with Gasteiger partial charge in [-0.05, 0) is 13.0 Å². The fourth-order valence-corrected chi connectivity index (χ4v) is 2.82. The molecular weight excluding hydrogens is 341 g/mol. The molecule has 0 saturated heterocycles. The number of aliphatic imine (C=N–C) groups is 1. The van der Waals surface area contributed by atoms with Gasteiger partial charge in [0.05, 0.1) is 12.3 Å². The van der Waals surface area contributed by atoms with Crippen LogP contribution in [0.4, 0.5) is 4.39 Å². The summed E-state index contributed by atoms with van der Waals surface area (Å²) in [7, 11) is 0. The summed E-state index contributed by atoms with van der Waals surface area (Å²) < 4.78 is 41.2. The summed E-state index contributed by atoms with van der Waals surface area (Å²) in [5, 5.41) is 7.16. The quantitative estimate of drug-likeness (QED) is 0.308. The minimum absolute atomic E-state index is 0.0705. The molecule has 0 aromatic rings. The summed E-state index contributed by atoms with van der Waals surface area (Å²) in [6, 6.07) is 0. The Morgan fingerprint density at radius 3 is 2.78 bits per heavy atom. The van der Waals surface area contributed by atoms with Crippen LogP contribution < -0.4 is 0 Å². The number of nitrogens with zero attached hydrogens (tertiary/aromatic N) is 2. The zero-order chi connectivity index (χ0) is 17.7. The topological polar surface area (TPSA) is 88.8 Å². The summed E-state index contributed by atoms with van der Waals surface area (Å²) in [4.78, 5) is 4.09. The lowest BCUT2D eigenvalue weighted by Crippen LogP contribution is -2.30. The lowest BCUT2D eigenvalue weighted by atomic mass is 10.3. The third kappa shape index (κ3) is 12.3. The summed E-state index contributed by atoms with van der Waals surface area (Å²) >= 11 is -0.797. The van der Waals surface area contributed by atoms with Gasteiger partial charge in [0, 0.05) is 61.1 Å². The first-order valence-electron chi connectivity index (χ1n) is 7.35. The number of rotatable bonds is 13. The average Bonchev–Trinajstić information content (AvgIpc) is 2.50. The van der Waals surface area contributed by atoms with Gasteiger partial charge < -0.3 is 14.7 Å². The Bertz CT molecular complexity index is 420. The van der Waals surface area contributed by atoms with Crippen LogP contribution in [0.1, 0.15) is 27.2 Å². The molecule has 0 fully saturated rings. The molecule has 1 N–H and O–H groups in total. The van der Waals surface area contributed by atoms with Crippen LogP contribution in [-0.2, 0) is 16.0 Å². The Morgan fingerprint density at radius 2 is 2.26 bits per heavy atom. The van der Waals surface area contributed by atoms with E-state index in [0.717, 1.165) is 0 Å². The highest BCUT2D eigenvalue weighted by Crippen LogP contribution is 2.09. The van der Waals surface area contributed by atoms with Crippen LogP contribution in [-0.4, -0.2) is 62.5 Å². The minimum Gasteiger partial charge on any atom is -0.760 e. The van der Waals surface area contributed by atoms with Crippen molar-refractivity contribution in [3.63, 3.8) is 0 Å². The fraction of sp³-hybridized carbons (Fsp3) is 0.714. The third-order valence-corrected chi connectivity index (χ3v) is 4.50. The van der Waals surface area contributed by atoms with Crippen LogP contribution in [0.3, 0.4) is 0 Å². The van der Waals surface area contributed by atoms with Gasteiger partial charge in [0.2, 0.25) is 6.36 Å². The van der Waals surface area contributed by atoms with E-state index in [-0.39, 0.29) is 11.8 Å². The maximum atomic E-state index is 12.7. The van der Waals surface area contributed by atoms with E-state index in [1.807, 2.05) is 13.8 Å². The molecule has 134 valence electrons. The molecule has 0 aromatic heterocycles. The van der Waals surface area contributed by atoms with E-state index in [9.17, 15) is 13.2 Å². The maximum Gasteiger partial charge on any atom is 0.235 e. The van der Waals surface area contributed by atoms with Gasteiger partial charge in [-0.15, -0.1) is 0 Å². The lowest BCUT2D eigenvalue weighted by Gasteiger charge is -2.22. The molecule has 0 spiro atoms. The lowest BCUT2D eigenvalue weighted by molar-refractivity contribution is 0.0185. The molecule has 0 aliphatic carbocycles. The highest BCUT2D eigenvalue weighted by Gasteiger charge is 2.05. The first kappa shape index (κ1) is 22.2.